The summed E-state index contributed by atoms with van der Waals surface area (Å²) in [5.74, 6) is 0.604. The van der Waals surface area contributed by atoms with Gasteiger partial charge in [-0.2, -0.15) is 0 Å². The van der Waals surface area contributed by atoms with Crippen molar-refractivity contribution in [1.29, 1.82) is 0 Å². The molecule has 4 aromatic rings. The SMILES string of the molecule is Cc1ccc([C@@H](NC(=O)CSc2nc(N)c3ccsc3n2)c2cccs2)cc1. The van der Waals surface area contributed by atoms with E-state index in [0.29, 0.717) is 11.0 Å². The molecule has 4 rings (SSSR count). The van der Waals surface area contributed by atoms with Crippen LogP contribution >= 0.6 is 34.4 Å². The second-order valence-corrected chi connectivity index (χ2v) is 9.06. The Kier molecular flexibility index (Phi) is 5.61. The largest absolute Gasteiger partial charge is 0.383 e. The number of thioether (sulfide) groups is 1. The Labute approximate surface area is 175 Å². The van der Waals surface area contributed by atoms with E-state index in [1.54, 1.807) is 11.3 Å². The lowest BCUT2D eigenvalue weighted by Gasteiger charge is -2.18. The Morgan fingerprint density at radius 3 is 2.71 bits per heavy atom. The number of fused-ring (bicyclic) bond motifs is 1. The standard InChI is InChI=1S/C20H18N4OS3/c1-12-4-6-13(7-5-12)17(15-3-2-9-26-15)22-16(25)11-28-20-23-18(21)14-8-10-27-19(14)24-20/h2-10,17H,11H2,1H3,(H,22,25)(H2,21,23,24)/t17-/m1/s1. The van der Waals surface area contributed by atoms with Crippen LogP contribution in [0.25, 0.3) is 10.2 Å². The number of aromatic nitrogens is 2. The first-order chi connectivity index (χ1) is 13.6. The number of aryl methyl sites for hydroxylation is 1. The molecule has 3 N–H and O–H groups in total. The fourth-order valence-electron chi connectivity index (χ4n) is 2.79. The van der Waals surface area contributed by atoms with E-state index in [9.17, 15) is 4.79 Å². The lowest BCUT2D eigenvalue weighted by molar-refractivity contribution is -0.119. The lowest BCUT2D eigenvalue weighted by atomic mass is 10.0. The molecule has 0 aliphatic carbocycles. The number of hydrogen-bond acceptors (Lipinski definition) is 7. The van der Waals surface area contributed by atoms with Crippen LogP contribution < -0.4 is 11.1 Å². The smallest absolute Gasteiger partial charge is 0.231 e. The van der Waals surface area contributed by atoms with Gasteiger partial charge in [-0.05, 0) is 35.4 Å². The Balaban J connectivity index is 1.47. The first-order valence-corrected chi connectivity index (χ1v) is 11.4. The number of nitrogens with two attached hydrogens (primary N) is 1. The number of nitrogen functional groups attached to an aromatic ring is 1. The number of hydrogen-bond donors (Lipinski definition) is 2. The number of carbonyl (C=O) groups excluding carboxylic acids is 1. The molecule has 0 radical (unpaired) electrons. The molecule has 0 aliphatic heterocycles. The number of carbonyl (C=O) groups is 1. The van der Waals surface area contributed by atoms with Crippen molar-refractivity contribution in [3.8, 4) is 0 Å². The highest BCUT2D eigenvalue weighted by Gasteiger charge is 2.18. The predicted octanol–water partition coefficient (Wildman–Crippen LogP) is 4.64. The normalized spacial score (nSPS) is 12.2. The van der Waals surface area contributed by atoms with Gasteiger partial charge in [-0.3, -0.25) is 4.79 Å². The third kappa shape index (κ3) is 4.19. The van der Waals surface area contributed by atoms with E-state index >= 15 is 0 Å². The molecule has 0 saturated heterocycles. The molecule has 0 unspecified atom stereocenters. The van der Waals surface area contributed by atoms with Gasteiger partial charge >= 0.3 is 0 Å². The minimum absolute atomic E-state index is 0.0718. The molecule has 142 valence electrons. The summed E-state index contributed by atoms with van der Waals surface area (Å²) in [6, 6.07) is 14.0. The second-order valence-electron chi connectivity index (χ2n) is 6.25. The van der Waals surface area contributed by atoms with Gasteiger partial charge in [0.05, 0.1) is 17.2 Å². The van der Waals surface area contributed by atoms with Gasteiger partial charge < -0.3 is 11.1 Å². The molecule has 3 aromatic heterocycles. The fourth-order valence-corrected chi connectivity index (χ4v) is 5.08. The molecule has 1 atom stereocenters. The fraction of sp³-hybridized carbons (Fsp3) is 0.150. The van der Waals surface area contributed by atoms with E-state index in [-0.39, 0.29) is 17.7 Å². The number of rotatable bonds is 6. The maximum atomic E-state index is 12.6. The minimum Gasteiger partial charge on any atom is -0.383 e. The minimum atomic E-state index is -0.167. The molecular formula is C20H18N4OS3. The molecule has 5 nitrogen and oxygen atoms in total. The van der Waals surface area contributed by atoms with Crippen LogP contribution in [0.15, 0.2) is 58.4 Å². The average Bonchev–Trinajstić information content (AvgIpc) is 3.37. The van der Waals surface area contributed by atoms with Gasteiger partial charge in [-0.15, -0.1) is 22.7 Å². The maximum Gasteiger partial charge on any atom is 0.231 e. The van der Waals surface area contributed by atoms with E-state index in [4.69, 9.17) is 5.73 Å². The third-order valence-corrected chi connectivity index (χ3v) is 6.80. The van der Waals surface area contributed by atoms with Crippen LogP contribution in [0.5, 0.6) is 0 Å². The van der Waals surface area contributed by atoms with Crippen LogP contribution in [-0.2, 0) is 4.79 Å². The first-order valence-electron chi connectivity index (χ1n) is 8.63. The molecule has 1 amide bonds. The van der Waals surface area contributed by atoms with Crippen LogP contribution in [-0.4, -0.2) is 21.6 Å². The van der Waals surface area contributed by atoms with Crippen molar-refractivity contribution in [2.24, 2.45) is 0 Å². The summed E-state index contributed by atoms with van der Waals surface area (Å²) in [5, 5.41) is 8.47. The predicted molar refractivity (Wildman–Crippen MR) is 118 cm³/mol. The van der Waals surface area contributed by atoms with E-state index in [1.807, 2.05) is 29.0 Å². The number of thiophene rings is 2. The maximum absolute atomic E-state index is 12.6. The number of anilines is 1. The van der Waals surface area contributed by atoms with Gasteiger partial charge in [0.15, 0.2) is 5.16 Å². The second kappa shape index (κ2) is 8.30. The van der Waals surface area contributed by atoms with Crippen molar-refractivity contribution in [2.75, 3.05) is 11.5 Å². The van der Waals surface area contributed by atoms with E-state index in [0.717, 1.165) is 20.7 Å². The first kappa shape index (κ1) is 18.9. The van der Waals surface area contributed by atoms with Crippen molar-refractivity contribution in [3.63, 3.8) is 0 Å². The van der Waals surface area contributed by atoms with E-state index < -0.39 is 0 Å². The van der Waals surface area contributed by atoms with Crippen LogP contribution in [0, 0.1) is 6.92 Å². The van der Waals surface area contributed by atoms with Crippen molar-refractivity contribution < 1.29 is 4.79 Å². The van der Waals surface area contributed by atoms with Crippen LogP contribution in [0.4, 0.5) is 5.82 Å². The highest BCUT2D eigenvalue weighted by molar-refractivity contribution is 7.99. The molecule has 0 saturated carbocycles. The molecule has 28 heavy (non-hydrogen) atoms. The van der Waals surface area contributed by atoms with Gasteiger partial charge in [0.1, 0.15) is 10.6 Å². The summed E-state index contributed by atoms with van der Waals surface area (Å²) >= 11 is 4.44. The summed E-state index contributed by atoms with van der Waals surface area (Å²) < 4.78 is 0. The van der Waals surface area contributed by atoms with Crippen molar-refractivity contribution in [3.05, 3.63) is 69.2 Å². The zero-order chi connectivity index (χ0) is 19.5. The third-order valence-electron chi connectivity index (χ3n) is 4.21. The summed E-state index contributed by atoms with van der Waals surface area (Å²) in [6.07, 6.45) is 0. The Morgan fingerprint density at radius 2 is 1.96 bits per heavy atom. The van der Waals surface area contributed by atoms with E-state index in [2.05, 4.69) is 46.5 Å². The molecular weight excluding hydrogens is 408 g/mol. The van der Waals surface area contributed by atoms with Gasteiger partial charge in [-0.25, -0.2) is 9.97 Å². The van der Waals surface area contributed by atoms with Crippen molar-refractivity contribution in [2.45, 2.75) is 18.1 Å². The van der Waals surface area contributed by atoms with Crippen molar-refractivity contribution >= 4 is 56.4 Å². The Hall–Kier alpha value is -2.42. The quantitative estimate of drug-likeness (QED) is 0.347. The number of amides is 1. The number of nitrogens with one attached hydrogen (secondary N) is 1. The molecule has 0 aliphatic rings. The summed E-state index contributed by atoms with van der Waals surface area (Å²) in [4.78, 5) is 23.4. The molecule has 0 fully saturated rings. The average molecular weight is 427 g/mol. The lowest BCUT2D eigenvalue weighted by Crippen LogP contribution is -2.30. The summed E-state index contributed by atoms with van der Waals surface area (Å²) in [6.45, 7) is 2.05. The monoisotopic (exact) mass is 426 g/mol. The Bertz CT molecular complexity index is 1090. The van der Waals surface area contributed by atoms with Crippen molar-refractivity contribution in [1.82, 2.24) is 15.3 Å². The molecule has 0 bridgehead atoms. The topological polar surface area (TPSA) is 80.9 Å². The molecule has 3 heterocycles. The molecule has 1 aromatic carbocycles. The molecule has 8 heteroatoms. The van der Waals surface area contributed by atoms with Gasteiger partial charge in [0, 0.05) is 4.88 Å². The summed E-state index contributed by atoms with van der Waals surface area (Å²) in [7, 11) is 0. The van der Waals surface area contributed by atoms with Crippen LogP contribution in [0.1, 0.15) is 22.0 Å². The summed E-state index contributed by atoms with van der Waals surface area (Å²) in [5.41, 5.74) is 8.24. The highest BCUT2D eigenvalue weighted by atomic mass is 32.2. The van der Waals surface area contributed by atoms with Gasteiger partial charge in [-0.1, -0.05) is 47.7 Å². The van der Waals surface area contributed by atoms with E-state index in [1.165, 1.54) is 28.7 Å². The zero-order valence-corrected chi connectivity index (χ0v) is 17.5. The molecule has 0 spiro atoms. The number of nitrogens with zero attached hydrogens (tertiary/aromatic N) is 2. The highest BCUT2D eigenvalue weighted by Crippen LogP contribution is 2.28. The zero-order valence-electron chi connectivity index (χ0n) is 15.1. The Morgan fingerprint density at radius 1 is 1.14 bits per heavy atom. The van der Waals surface area contributed by atoms with Gasteiger partial charge in [0.2, 0.25) is 5.91 Å². The van der Waals surface area contributed by atoms with Crippen LogP contribution in [0.3, 0.4) is 0 Å². The van der Waals surface area contributed by atoms with Crippen LogP contribution in [0.2, 0.25) is 0 Å². The van der Waals surface area contributed by atoms with Gasteiger partial charge in [0.25, 0.3) is 0 Å². The number of benzene rings is 1.